The average molecular weight is 377 g/mol. The average Bonchev–Trinajstić information content (AvgIpc) is 2.56. The molecule has 0 aromatic heterocycles. The van der Waals surface area contributed by atoms with Gasteiger partial charge in [0.15, 0.2) is 5.60 Å². The van der Waals surface area contributed by atoms with Crippen molar-refractivity contribution in [2.45, 2.75) is 12.5 Å². The minimum atomic E-state index is -1.66. The van der Waals surface area contributed by atoms with Crippen molar-refractivity contribution in [3.8, 4) is 6.07 Å². The highest BCUT2D eigenvalue weighted by Gasteiger charge is 2.30. The Morgan fingerprint density at radius 3 is 2.64 bits per heavy atom. The molecule has 0 radical (unpaired) electrons. The molecule has 130 valence electrons. The molecule has 2 atom stereocenters. The van der Waals surface area contributed by atoms with Crippen molar-refractivity contribution < 1.29 is 9.90 Å². The van der Waals surface area contributed by atoms with Crippen LogP contribution < -0.4 is 21.7 Å². The number of hydrogen-bond donors (Lipinski definition) is 4. The smallest absolute Gasteiger partial charge is 0.257 e. The van der Waals surface area contributed by atoms with Gasteiger partial charge in [0.1, 0.15) is 0 Å². The summed E-state index contributed by atoms with van der Waals surface area (Å²) in [4.78, 5) is 12.3. The molecule has 0 saturated carbocycles. The van der Waals surface area contributed by atoms with Gasteiger partial charge in [-0.15, -0.1) is 9.24 Å². The zero-order valence-corrected chi connectivity index (χ0v) is 15.4. The van der Waals surface area contributed by atoms with Gasteiger partial charge in [0, 0.05) is 11.4 Å². The summed E-state index contributed by atoms with van der Waals surface area (Å²) in [6.45, 7) is 1.39. The zero-order chi connectivity index (χ0) is 18.6. The summed E-state index contributed by atoms with van der Waals surface area (Å²) in [5.74, 6) is -0.583. The predicted molar refractivity (Wildman–Crippen MR) is 104 cm³/mol. The molecular weight excluding hydrogens is 359 g/mol. The molecule has 5 N–H and O–H groups in total. The second-order valence-electron chi connectivity index (χ2n) is 5.73. The third kappa shape index (κ3) is 4.83. The second kappa shape index (κ2) is 7.71. The molecule has 1 amide bonds. The maximum absolute atomic E-state index is 12.3. The minimum Gasteiger partial charge on any atom is -0.398 e. The third-order valence-corrected chi connectivity index (χ3v) is 4.36. The molecule has 2 aromatic carbocycles. The van der Waals surface area contributed by atoms with Crippen molar-refractivity contribution >= 4 is 49.1 Å². The van der Waals surface area contributed by atoms with Gasteiger partial charge >= 0.3 is 0 Å². The molecule has 0 bridgehead atoms. The lowest BCUT2D eigenvalue weighted by Gasteiger charge is -2.23. The van der Waals surface area contributed by atoms with E-state index >= 15 is 0 Å². The second-order valence-corrected chi connectivity index (χ2v) is 6.76. The number of halogens is 1. The molecule has 0 spiro atoms. The lowest BCUT2D eigenvalue weighted by molar-refractivity contribution is -0.131. The maximum atomic E-state index is 12.3. The zero-order valence-electron chi connectivity index (χ0n) is 13.5. The van der Waals surface area contributed by atoms with E-state index in [0.717, 1.165) is 5.30 Å². The molecule has 8 heteroatoms. The van der Waals surface area contributed by atoms with E-state index in [4.69, 9.17) is 22.6 Å². The number of nitrogens with two attached hydrogens (primary N) is 1. The molecule has 0 aliphatic rings. The monoisotopic (exact) mass is 376 g/mol. The Bertz CT molecular complexity index is 849. The molecule has 0 saturated heterocycles. The number of amides is 1. The van der Waals surface area contributed by atoms with Crippen LogP contribution >= 0.6 is 20.8 Å². The van der Waals surface area contributed by atoms with Gasteiger partial charge < -0.3 is 21.5 Å². The Hall–Kier alpha value is -2.32. The van der Waals surface area contributed by atoms with Crippen molar-refractivity contribution in [2.24, 2.45) is 0 Å². The highest BCUT2D eigenvalue weighted by atomic mass is 35.5. The number of carbonyl (C=O) groups excluding carboxylic acids is 1. The maximum Gasteiger partial charge on any atom is 0.257 e. The van der Waals surface area contributed by atoms with Crippen molar-refractivity contribution in [1.82, 2.24) is 0 Å². The highest BCUT2D eigenvalue weighted by molar-refractivity contribution is 7.27. The fourth-order valence-corrected chi connectivity index (χ4v) is 2.52. The van der Waals surface area contributed by atoms with Crippen LogP contribution in [0, 0.1) is 11.3 Å². The van der Waals surface area contributed by atoms with Crippen LogP contribution in [0.15, 0.2) is 36.4 Å². The lowest BCUT2D eigenvalue weighted by atomic mass is 10.1. The number of hydrogen-bond acceptors (Lipinski definition) is 5. The van der Waals surface area contributed by atoms with Crippen molar-refractivity contribution in [3.63, 3.8) is 0 Å². The van der Waals surface area contributed by atoms with Gasteiger partial charge in [-0.05, 0) is 48.6 Å². The van der Waals surface area contributed by atoms with E-state index in [2.05, 4.69) is 25.9 Å². The standard InChI is InChI=1S/C17H18ClN4O2P/c1-17(24,9-21-11-3-2-10(8-19)15(25)7-11)16(23)22-12-4-5-14(20)13(18)6-12/h2-7,21,24H,9,20,25H2,1H3,(H,22,23)/t17-/m0/s1. The number of aliphatic hydroxyl groups is 1. The summed E-state index contributed by atoms with van der Waals surface area (Å²) in [6.07, 6.45) is 0. The molecular formula is C17H18ClN4O2P. The first-order chi connectivity index (χ1) is 11.7. The Morgan fingerprint density at radius 2 is 2.04 bits per heavy atom. The number of nitrogens with one attached hydrogen (secondary N) is 2. The molecule has 0 fully saturated rings. The first-order valence-corrected chi connectivity index (χ1v) is 8.31. The largest absolute Gasteiger partial charge is 0.398 e. The van der Waals surface area contributed by atoms with Gasteiger partial charge in [0.05, 0.1) is 28.9 Å². The van der Waals surface area contributed by atoms with Crippen LogP contribution in [0.4, 0.5) is 17.1 Å². The first-order valence-electron chi connectivity index (χ1n) is 7.35. The summed E-state index contributed by atoms with van der Waals surface area (Å²) in [5, 5.41) is 26.0. The minimum absolute atomic E-state index is 0.0163. The molecule has 0 aliphatic carbocycles. The van der Waals surface area contributed by atoms with Crippen molar-refractivity contribution in [1.29, 1.82) is 5.26 Å². The Kier molecular flexibility index (Phi) is 5.86. The van der Waals surface area contributed by atoms with E-state index in [1.165, 1.54) is 13.0 Å². The lowest BCUT2D eigenvalue weighted by Crippen LogP contribution is -2.45. The van der Waals surface area contributed by atoms with Crippen LogP contribution in [0.2, 0.25) is 5.02 Å². The number of benzene rings is 2. The summed E-state index contributed by atoms with van der Waals surface area (Å²) in [6, 6.07) is 11.9. The van der Waals surface area contributed by atoms with Crippen LogP contribution in [0.25, 0.3) is 0 Å². The van der Waals surface area contributed by atoms with Gasteiger partial charge in [0.2, 0.25) is 0 Å². The molecule has 2 aromatic rings. The van der Waals surface area contributed by atoms with E-state index in [0.29, 0.717) is 27.6 Å². The number of nitrogen functional groups attached to an aromatic ring is 1. The van der Waals surface area contributed by atoms with Gasteiger partial charge in [-0.25, -0.2) is 0 Å². The summed E-state index contributed by atoms with van der Waals surface area (Å²) in [5.41, 5.74) is 6.03. The predicted octanol–water partition coefficient (Wildman–Crippen LogP) is 2.10. The van der Waals surface area contributed by atoms with Crippen LogP contribution in [-0.4, -0.2) is 23.2 Å². The Labute approximate surface area is 153 Å². The van der Waals surface area contributed by atoms with Crippen LogP contribution in [0.1, 0.15) is 12.5 Å². The molecule has 0 aliphatic heterocycles. The summed E-state index contributed by atoms with van der Waals surface area (Å²) in [7, 11) is 2.47. The van der Waals surface area contributed by atoms with Gasteiger partial charge in [-0.2, -0.15) is 5.26 Å². The number of nitrogens with zero attached hydrogens (tertiary/aromatic N) is 1. The number of rotatable bonds is 5. The third-order valence-electron chi connectivity index (χ3n) is 3.56. The molecule has 1 unspecified atom stereocenters. The summed E-state index contributed by atoms with van der Waals surface area (Å²) >= 11 is 5.92. The van der Waals surface area contributed by atoms with Crippen LogP contribution in [-0.2, 0) is 4.79 Å². The number of carbonyl (C=O) groups is 1. The first kappa shape index (κ1) is 19.0. The molecule has 0 heterocycles. The SMILES string of the molecule is C[C@](O)(CNc1ccc(C#N)c(P)c1)C(=O)Nc1ccc(N)c(Cl)c1. The topological polar surface area (TPSA) is 111 Å². The highest BCUT2D eigenvalue weighted by Crippen LogP contribution is 2.23. The van der Waals surface area contributed by atoms with Crippen LogP contribution in [0.5, 0.6) is 0 Å². The molecule has 6 nitrogen and oxygen atoms in total. The fraction of sp³-hybridized carbons (Fsp3) is 0.176. The Morgan fingerprint density at radius 1 is 1.36 bits per heavy atom. The quantitative estimate of drug-likeness (QED) is 0.471. The summed E-state index contributed by atoms with van der Waals surface area (Å²) < 4.78 is 0. The van der Waals surface area contributed by atoms with E-state index in [1.54, 1.807) is 30.3 Å². The van der Waals surface area contributed by atoms with Crippen molar-refractivity contribution in [2.75, 3.05) is 22.9 Å². The van der Waals surface area contributed by atoms with E-state index in [9.17, 15) is 9.90 Å². The number of anilines is 3. The van der Waals surface area contributed by atoms with E-state index < -0.39 is 11.5 Å². The normalized spacial score (nSPS) is 12.8. The van der Waals surface area contributed by atoms with E-state index in [1.807, 2.05) is 0 Å². The van der Waals surface area contributed by atoms with Gasteiger partial charge in [0.25, 0.3) is 5.91 Å². The fourth-order valence-electron chi connectivity index (χ4n) is 2.00. The Balaban J connectivity index is 2.02. The number of nitriles is 1. The van der Waals surface area contributed by atoms with Crippen molar-refractivity contribution in [3.05, 3.63) is 47.0 Å². The van der Waals surface area contributed by atoms with Gasteiger partial charge in [-0.3, -0.25) is 4.79 Å². The van der Waals surface area contributed by atoms with E-state index in [-0.39, 0.29) is 6.54 Å². The molecule has 25 heavy (non-hydrogen) atoms. The van der Waals surface area contributed by atoms with Gasteiger partial charge in [-0.1, -0.05) is 11.6 Å². The van der Waals surface area contributed by atoms with Crippen LogP contribution in [0.3, 0.4) is 0 Å². The molecule has 2 rings (SSSR count).